The van der Waals surface area contributed by atoms with E-state index >= 15 is 0 Å². The van der Waals surface area contributed by atoms with Crippen LogP contribution < -0.4 is 5.32 Å². The van der Waals surface area contributed by atoms with Crippen LogP contribution in [0.2, 0.25) is 0 Å². The fraction of sp³-hybridized carbons (Fsp3) is 0.765. The van der Waals surface area contributed by atoms with Crippen molar-refractivity contribution in [1.82, 2.24) is 15.3 Å². The van der Waals surface area contributed by atoms with Gasteiger partial charge >= 0.3 is 0 Å². The van der Waals surface area contributed by atoms with Crippen molar-refractivity contribution in [2.45, 2.75) is 67.0 Å². The molecule has 0 saturated heterocycles. The number of nitrogens with one attached hydrogen (secondary N) is 1. The lowest BCUT2D eigenvalue weighted by Crippen LogP contribution is -2.25. The Bertz CT molecular complexity index is 440. The van der Waals surface area contributed by atoms with E-state index < -0.39 is 0 Å². The first-order valence-electron chi connectivity index (χ1n) is 7.99. The highest BCUT2D eigenvalue weighted by Crippen LogP contribution is 2.34. The van der Waals surface area contributed by atoms with Gasteiger partial charge in [-0.25, -0.2) is 9.97 Å². The average molecular weight is 293 g/mol. The van der Waals surface area contributed by atoms with Crippen LogP contribution in [0, 0.1) is 12.3 Å². The first kappa shape index (κ1) is 18.1. The smallest absolute Gasteiger partial charge is 0.157 e. The van der Waals surface area contributed by atoms with Crippen molar-refractivity contribution in [1.29, 1.82) is 0 Å². The number of nitrogens with zero attached hydrogens (tertiary/aromatic N) is 2. The molecule has 2 atom stereocenters. The highest BCUT2D eigenvalue weighted by atomic mass is 16.5. The number of aromatic nitrogens is 2. The van der Waals surface area contributed by atoms with Crippen LogP contribution in [0.25, 0.3) is 0 Å². The second-order valence-corrected chi connectivity index (χ2v) is 6.65. The Labute approximate surface area is 129 Å². The van der Waals surface area contributed by atoms with Gasteiger partial charge in [0.25, 0.3) is 0 Å². The highest BCUT2D eigenvalue weighted by molar-refractivity contribution is 5.20. The molecule has 1 aromatic rings. The summed E-state index contributed by atoms with van der Waals surface area (Å²) in [5.74, 6) is 0.785. The van der Waals surface area contributed by atoms with E-state index in [0.717, 1.165) is 30.0 Å². The highest BCUT2D eigenvalue weighted by Gasteiger charge is 2.29. The Hall–Kier alpha value is -1.00. The molecular formula is C17H31N3O. The van der Waals surface area contributed by atoms with Crippen LogP contribution in [0.4, 0.5) is 0 Å². The molecule has 0 fully saturated rings. The maximum absolute atomic E-state index is 5.87. The molecule has 0 aliphatic heterocycles. The van der Waals surface area contributed by atoms with E-state index in [4.69, 9.17) is 9.72 Å². The Morgan fingerprint density at radius 3 is 2.43 bits per heavy atom. The molecule has 0 aliphatic rings. The molecule has 21 heavy (non-hydrogen) atoms. The standard InChI is InChI=1S/C17H31N3O/c1-8-10-18-12(3)14-11-19-16(20-13(14)4)15(21-9-2)17(5,6)7/h11-12,15,18H,8-10H2,1-7H3. The molecule has 0 aromatic carbocycles. The Balaban J connectivity index is 2.99. The van der Waals surface area contributed by atoms with Crippen molar-refractivity contribution in [3.05, 3.63) is 23.3 Å². The van der Waals surface area contributed by atoms with Gasteiger partial charge in [0.15, 0.2) is 5.82 Å². The minimum absolute atomic E-state index is 0.0178. The summed E-state index contributed by atoms with van der Waals surface area (Å²) in [6, 6.07) is 0.277. The molecule has 4 heteroatoms. The van der Waals surface area contributed by atoms with Gasteiger partial charge in [0.05, 0.1) is 0 Å². The fourth-order valence-corrected chi connectivity index (χ4v) is 2.40. The monoisotopic (exact) mass is 293 g/mol. The quantitative estimate of drug-likeness (QED) is 0.826. The van der Waals surface area contributed by atoms with E-state index in [0.29, 0.717) is 6.61 Å². The second kappa shape index (κ2) is 7.85. The molecule has 0 bridgehead atoms. The summed E-state index contributed by atoms with van der Waals surface area (Å²) in [7, 11) is 0. The van der Waals surface area contributed by atoms with Crippen molar-refractivity contribution in [3.63, 3.8) is 0 Å². The first-order valence-corrected chi connectivity index (χ1v) is 7.99. The maximum Gasteiger partial charge on any atom is 0.157 e. The zero-order valence-corrected chi connectivity index (χ0v) is 14.7. The van der Waals surface area contributed by atoms with Gasteiger partial charge in [0.1, 0.15) is 6.10 Å². The molecule has 0 radical (unpaired) electrons. The molecule has 1 N–H and O–H groups in total. The lowest BCUT2D eigenvalue weighted by atomic mass is 9.88. The molecule has 0 amide bonds. The average Bonchev–Trinajstić information content (AvgIpc) is 2.40. The predicted molar refractivity (Wildman–Crippen MR) is 87.3 cm³/mol. The fourth-order valence-electron chi connectivity index (χ4n) is 2.40. The number of ether oxygens (including phenoxy) is 1. The minimum atomic E-state index is -0.0749. The van der Waals surface area contributed by atoms with Gasteiger partial charge in [-0.3, -0.25) is 0 Å². The van der Waals surface area contributed by atoms with E-state index in [1.54, 1.807) is 0 Å². The summed E-state index contributed by atoms with van der Waals surface area (Å²) in [6.07, 6.45) is 3.00. The molecule has 2 unspecified atom stereocenters. The summed E-state index contributed by atoms with van der Waals surface area (Å²) < 4.78 is 5.87. The maximum atomic E-state index is 5.87. The number of aryl methyl sites for hydroxylation is 1. The lowest BCUT2D eigenvalue weighted by molar-refractivity contribution is -0.0192. The van der Waals surface area contributed by atoms with Crippen LogP contribution in [0.5, 0.6) is 0 Å². The van der Waals surface area contributed by atoms with Crippen LogP contribution in [0.1, 0.15) is 77.2 Å². The number of hydrogen-bond donors (Lipinski definition) is 1. The van der Waals surface area contributed by atoms with Gasteiger partial charge in [-0.05, 0) is 39.2 Å². The summed E-state index contributed by atoms with van der Waals surface area (Å²) in [5, 5.41) is 3.48. The third kappa shape index (κ3) is 5.04. The predicted octanol–water partition coefficient (Wildman–Crippen LogP) is 3.97. The molecule has 0 spiro atoms. The number of hydrogen-bond acceptors (Lipinski definition) is 4. The third-order valence-electron chi connectivity index (χ3n) is 3.56. The number of rotatable bonds is 7. The van der Waals surface area contributed by atoms with E-state index in [-0.39, 0.29) is 17.6 Å². The van der Waals surface area contributed by atoms with Crippen LogP contribution in [-0.2, 0) is 4.74 Å². The Kier molecular flexibility index (Phi) is 6.75. The van der Waals surface area contributed by atoms with Gasteiger partial charge in [0.2, 0.25) is 0 Å². The topological polar surface area (TPSA) is 47.0 Å². The minimum Gasteiger partial charge on any atom is -0.370 e. The third-order valence-corrected chi connectivity index (χ3v) is 3.56. The SMILES string of the molecule is CCCNC(C)c1cnc(C(OCC)C(C)(C)C)nc1C. The summed E-state index contributed by atoms with van der Waals surface area (Å²) in [6.45, 7) is 16.5. The zero-order chi connectivity index (χ0) is 16.0. The summed E-state index contributed by atoms with van der Waals surface area (Å²) >= 11 is 0. The van der Waals surface area contributed by atoms with Crippen molar-refractivity contribution >= 4 is 0 Å². The van der Waals surface area contributed by atoms with Crippen molar-refractivity contribution in [2.24, 2.45) is 5.41 Å². The molecule has 4 nitrogen and oxygen atoms in total. The molecular weight excluding hydrogens is 262 g/mol. The largest absolute Gasteiger partial charge is 0.370 e. The molecule has 1 rings (SSSR count). The normalized spacial score (nSPS) is 15.0. The Morgan fingerprint density at radius 1 is 1.29 bits per heavy atom. The van der Waals surface area contributed by atoms with Crippen LogP contribution in [0.15, 0.2) is 6.20 Å². The van der Waals surface area contributed by atoms with E-state index in [9.17, 15) is 0 Å². The van der Waals surface area contributed by atoms with Crippen LogP contribution in [-0.4, -0.2) is 23.1 Å². The zero-order valence-electron chi connectivity index (χ0n) is 14.7. The molecule has 1 heterocycles. The van der Waals surface area contributed by atoms with Crippen molar-refractivity contribution < 1.29 is 4.74 Å². The Morgan fingerprint density at radius 2 is 1.95 bits per heavy atom. The van der Waals surface area contributed by atoms with Crippen LogP contribution in [0.3, 0.4) is 0 Å². The molecule has 0 aliphatic carbocycles. The van der Waals surface area contributed by atoms with E-state index in [2.05, 4.69) is 51.8 Å². The van der Waals surface area contributed by atoms with Gasteiger partial charge in [-0.15, -0.1) is 0 Å². The van der Waals surface area contributed by atoms with Gasteiger partial charge in [0, 0.05) is 30.1 Å². The first-order chi connectivity index (χ1) is 9.81. The van der Waals surface area contributed by atoms with Gasteiger partial charge in [-0.2, -0.15) is 0 Å². The summed E-state index contributed by atoms with van der Waals surface area (Å²) in [4.78, 5) is 9.29. The van der Waals surface area contributed by atoms with Gasteiger partial charge < -0.3 is 10.1 Å². The summed E-state index contributed by atoms with van der Waals surface area (Å²) in [5.41, 5.74) is 2.18. The molecule has 0 saturated carbocycles. The van der Waals surface area contributed by atoms with Gasteiger partial charge in [-0.1, -0.05) is 27.7 Å². The van der Waals surface area contributed by atoms with E-state index in [1.807, 2.05) is 13.1 Å². The molecule has 1 aromatic heterocycles. The van der Waals surface area contributed by atoms with Crippen molar-refractivity contribution in [3.8, 4) is 0 Å². The lowest BCUT2D eigenvalue weighted by Gasteiger charge is -2.29. The van der Waals surface area contributed by atoms with Crippen molar-refractivity contribution in [2.75, 3.05) is 13.2 Å². The van der Waals surface area contributed by atoms with Crippen LogP contribution >= 0.6 is 0 Å². The molecule has 120 valence electrons. The second-order valence-electron chi connectivity index (χ2n) is 6.65. The van der Waals surface area contributed by atoms with E-state index in [1.165, 1.54) is 0 Å².